The molecule has 6 nitrogen and oxygen atoms in total. The van der Waals surface area contributed by atoms with Crippen LogP contribution in [0.5, 0.6) is 0 Å². The molecule has 1 unspecified atom stereocenters. The maximum Gasteiger partial charge on any atom is 0.306 e. The molecule has 0 aromatic heterocycles. The Bertz CT molecular complexity index is 1380. The third kappa shape index (κ3) is 70.3. The Morgan fingerprint density at radius 3 is 0.602 bits per heavy atom. The van der Waals surface area contributed by atoms with Crippen molar-refractivity contribution in [3.8, 4) is 0 Å². The van der Waals surface area contributed by atoms with Crippen LogP contribution in [0.2, 0.25) is 0 Å². The second-order valence-corrected chi connectivity index (χ2v) is 25.6. The highest BCUT2D eigenvalue weighted by Gasteiger charge is 2.20. The van der Waals surface area contributed by atoms with Crippen LogP contribution in [0.3, 0.4) is 0 Å². The van der Waals surface area contributed by atoms with Gasteiger partial charge in [-0.25, -0.2) is 0 Å². The average molecular weight is 1170 g/mol. The molecule has 6 heteroatoms. The minimum absolute atomic E-state index is 0.0706. The summed E-state index contributed by atoms with van der Waals surface area (Å²) in [6.07, 6.45) is 90.5. The van der Waals surface area contributed by atoms with Crippen LogP contribution in [0.15, 0.2) is 36.5 Å². The SMILES string of the molecule is CCCCCCCC/C=C\CCCCCCCCCCCC(=O)OC(COC(=O)CCCCCCC/C=C\CCCCCCCC)COC(=O)CCCCCCCCCCCCCCCCCCCCC/C=C\CCCCCCCCCC. The first-order valence-electron chi connectivity index (χ1n) is 37.5. The van der Waals surface area contributed by atoms with E-state index in [9.17, 15) is 14.4 Å². The van der Waals surface area contributed by atoms with Crippen molar-refractivity contribution < 1.29 is 28.6 Å². The number of esters is 3. The molecule has 0 N–H and O–H groups in total. The first-order chi connectivity index (χ1) is 41.0. The molecule has 0 rings (SSSR count). The predicted octanol–water partition coefficient (Wildman–Crippen LogP) is 25.9. The Balaban J connectivity index is 4.18. The van der Waals surface area contributed by atoms with E-state index >= 15 is 0 Å². The molecule has 0 aromatic carbocycles. The predicted molar refractivity (Wildman–Crippen MR) is 362 cm³/mol. The van der Waals surface area contributed by atoms with E-state index in [0.29, 0.717) is 19.3 Å². The summed E-state index contributed by atoms with van der Waals surface area (Å²) in [7, 11) is 0. The highest BCUT2D eigenvalue weighted by molar-refractivity contribution is 5.71. The van der Waals surface area contributed by atoms with Gasteiger partial charge in [0.05, 0.1) is 0 Å². The van der Waals surface area contributed by atoms with Crippen LogP contribution in [0.25, 0.3) is 0 Å². The molecule has 488 valence electrons. The van der Waals surface area contributed by atoms with Crippen LogP contribution >= 0.6 is 0 Å². The third-order valence-corrected chi connectivity index (χ3v) is 17.1. The molecule has 0 aliphatic carbocycles. The number of carbonyl (C=O) groups excluding carboxylic acids is 3. The van der Waals surface area contributed by atoms with Crippen LogP contribution in [0.4, 0.5) is 0 Å². The van der Waals surface area contributed by atoms with Gasteiger partial charge in [-0.2, -0.15) is 0 Å². The molecule has 0 aliphatic heterocycles. The zero-order valence-electron chi connectivity index (χ0n) is 56.2. The zero-order chi connectivity index (χ0) is 59.9. The Kier molecular flexibility index (Phi) is 70.0. The second-order valence-electron chi connectivity index (χ2n) is 25.6. The lowest BCUT2D eigenvalue weighted by Crippen LogP contribution is -2.30. The van der Waals surface area contributed by atoms with E-state index in [1.54, 1.807) is 0 Å². The minimum Gasteiger partial charge on any atom is -0.462 e. The fourth-order valence-corrected chi connectivity index (χ4v) is 11.4. The van der Waals surface area contributed by atoms with Gasteiger partial charge in [-0.1, -0.05) is 340 Å². The monoisotopic (exact) mass is 1170 g/mol. The van der Waals surface area contributed by atoms with E-state index < -0.39 is 6.10 Å². The molecule has 83 heavy (non-hydrogen) atoms. The van der Waals surface area contributed by atoms with Crippen molar-refractivity contribution in [2.45, 2.75) is 425 Å². The van der Waals surface area contributed by atoms with E-state index in [1.807, 2.05) is 0 Å². The molecule has 0 fully saturated rings. The molecule has 1 atom stereocenters. The van der Waals surface area contributed by atoms with Gasteiger partial charge in [0.25, 0.3) is 0 Å². The number of ether oxygens (including phenoxy) is 3. The molecule has 0 spiro atoms. The van der Waals surface area contributed by atoms with E-state index in [2.05, 4.69) is 57.2 Å². The smallest absolute Gasteiger partial charge is 0.306 e. The molecular formula is C77H144O6. The quantitative estimate of drug-likeness (QED) is 0.0261. The Labute approximate surface area is 518 Å². The van der Waals surface area contributed by atoms with Crippen molar-refractivity contribution >= 4 is 17.9 Å². The maximum atomic E-state index is 13.0. The first-order valence-corrected chi connectivity index (χ1v) is 37.5. The van der Waals surface area contributed by atoms with Crippen LogP contribution in [-0.4, -0.2) is 37.2 Å². The van der Waals surface area contributed by atoms with Crippen molar-refractivity contribution in [2.75, 3.05) is 13.2 Å². The standard InChI is InChI=1S/C77H144O6/c1-4-7-10-13-16-19-22-25-28-30-32-33-34-35-36-37-38-39-40-41-42-43-45-46-49-52-55-58-61-64-67-70-76(79)82-73-74(72-81-75(78)69-66-63-60-57-54-51-48-27-24-21-18-15-12-9-6-3)83-77(80)71-68-65-62-59-56-53-50-47-44-31-29-26-23-20-17-14-11-8-5-2/h26-27,29-30,32,48,74H,4-25,28,31,33-47,49-73H2,1-3H3/b29-26-,32-30-,48-27-. The van der Waals surface area contributed by atoms with Crippen LogP contribution in [-0.2, 0) is 28.6 Å². The van der Waals surface area contributed by atoms with E-state index in [0.717, 1.165) is 64.2 Å². The molecular weight excluding hydrogens is 1020 g/mol. The van der Waals surface area contributed by atoms with Gasteiger partial charge >= 0.3 is 17.9 Å². The summed E-state index contributed by atoms with van der Waals surface area (Å²) < 4.78 is 17.0. The zero-order valence-corrected chi connectivity index (χ0v) is 56.2. The molecule has 0 saturated carbocycles. The summed E-state index contributed by atoms with van der Waals surface area (Å²) in [6, 6.07) is 0. The fourth-order valence-electron chi connectivity index (χ4n) is 11.4. The van der Waals surface area contributed by atoms with Crippen molar-refractivity contribution in [2.24, 2.45) is 0 Å². The summed E-state index contributed by atoms with van der Waals surface area (Å²) in [4.78, 5) is 38.5. The molecule has 0 heterocycles. The van der Waals surface area contributed by atoms with Crippen molar-refractivity contribution in [3.05, 3.63) is 36.5 Å². The van der Waals surface area contributed by atoms with E-state index in [-0.39, 0.29) is 31.1 Å². The lowest BCUT2D eigenvalue weighted by atomic mass is 10.0. The van der Waals surface area contributed by atoms with Gasteiger partial charge in [0.15, 0.2) is 6.10 Å². The van der Waals surface area contributed by atoms with Gasteiger partial charge in [-0.05, 0) is 96.3 Å². The number of allylic oxidation sites excluding steroid dienone is 6. The normalized spacial score (nSPS) is 12.2. The van der Waals surface area contributed by atoms with Crippen molar-refractivity contribution in [1.82, 2.24) is 0 Å². The number of hydrogen-bond donors (Lipinski definition) is 0. The molecule has 0 aliphatic rings. The molecule has 0 bridgehead atoms. The van der Waals surface area contributed by atoms with Crippen molar-refractivity contribution in [3.63, 3.8) is 0 Å². The average Bonchev–Trinajstić information content (AvgIpc) is 3.49. The van der Waals surface area contributed by atoms with Gasteiger partial charge in [0, 0.05) is 19.3 Å². The van der Waals surface area contributed by atoms with Gasteiger partial charge in [0.2, 0.25) is 0 Å². The lowest BCUT2D eigenvalue weighted by molar-refractivity contribution is -0.167. The largest absolute Gasteiger partial charge is 0.462 e. The number of unbranched alkanes of at least 4 members (excludes halogenated alkanes) is 53. The van der Waals surface area contributed by atoms with E-state index in [4.69, 9.17) is 14.2 Å². The third-order valence-electron chi connectivity index (χ3n) is 17.1. The van der Waals surface area contributed by atoms with Gasteiger partial charge in [-0.15, -0.1) is 0 Å². The molecule has 0 saturated heterocycles. The summed E-state index contributed by atoms with van der Waals surface area (Å²) in [5.74, 6) is -0.851. The minimum atomic E-state index is -0.776. The fraction of sp³-hybridized carbons (Fsp3) is 0.883. The van der Waals surface area contributed by atoms with E-state index in [1.165, 1.54) is 315 Å². The second kappa shape index (κ2) is 72.1. The van der Waals surface area contributed by atoms with Crippen LogP contribution in [0.1, 0.15) is 419 Å². The Morgan fingerprint density at radius 2 is 0.398 bits per heavy atom. The highest BCUT2D eigenvalue weighted by Crippen LogP contribution is 2.19. The maximum absolute atomic E-state index is 13.0. The summed E-state index contributed by atoms with van der Waals surface area (Å²) in [6.45, 7) is 6.70. The van der Waals surface area contributed by atoms with Gasteiger partial charge in [-0.3, -0.25) is 14.4 Å². The topological polar surface area (TPSA) is 78.9 Å². The molecule has 0 radical (unpaired) electrons. The highest BCUT2D eigenvalue weighted by atomic mass is 16.6. The van der Waals surface area contributed by atoms with Crippen molar-refractivity contribution in [1.29, 1.82) is 0 Å². The van der Waals surface area contributed by atoms with Crippen LogP contribution < -0.4 is 0 Å². The van der Waals surface area contributed by atoms with Gasteiger partial charge in [0.1, 0.15) is 13.2 Å². The van der Waals surface area contributed by atoms with Crippen LogP contribution in [0, 0.1) is 0 Å². The summed E-state index contributed by atoms with van der Waals surface area (Å²) >= 11 is 0. The summed E-state index contributed by atoms with van der Waals surface area (Å²) in [5, 5.41) is 0. The Morgan fingerprint density at radius 1 is 0.229 bits per heavy atom. The molecule has 0 aromatic rings. The molecule has 0 amide bonds. The number of carbonyl (C=O) groups is 3. The Hall–Kier alpha value is -2.37. The number of hydrogen-bond acceptors (Lipinski definition) is 6. The van der Waals surface area contributed by atoms with Gasteiger partial charge < -0.3 is 14.2 Å². The number of rotatable bonds is 70. The first kappa shape index (κ1) is 80.6. The lowest BCUT2D eigenvalue weighted by Gasteiger charge is -2.18. The summed E-state index contributed by atoms with van der Waals surface area (Å²) in [5.41, 5.74) is 0.